The zero-order valence-corrected chi connectivity index (χ0v) is 14.2. The predicted molar refractivity (Wildman–Crippen MR) is 96.3 cm³/mol. The number of nitro groups is 1. The Morgan fingerprint density at radius 1 is 1.33 bits per heavy atom. The lowest BCUT2D eigenvalue weighted by Crippen LogP contribution is -2.13. The second-order valence-corrected chi connectivity index (χ2v) is 5.25. The van der Waals surface area contributed by atoms with Crippen molar-refractivity contribution in [3.63, 3.8) is 0 Å². The van der Waals surface area contributed by atoms with E-state index in [0.29, 0.717) is 5.69 Å². The van der Waals surface area contributed by atoms with Crippen LogP contribution in [0.4, 0.5) is 11.4 Å². The lowest BCUT2D eigenvalue weighted by molar-refractivity contribution is -0.386. The van der Waals surface area contributed by atoms with Gasteiger partial charge in [-0.25, -0.2) is 0 Å². The number of nitrogens with one attached hydrogen (secondary N) is 1. The predicted octanol–water partition coefficient (Wildman–Crippen LogP) is 2.95. The number of nitriles is 1. The molecule has 0 atom stereocenters. The van der Waals surface area contributed by atoms with Crippen LogP contribution in [-0.4, -0.2) is 27.7 Å². The fraction of sp³-hybridized carbons (Fsp3) is 0.111. The minimum atomic E-state index is -0.794. The van der Waals surface area contributed by atoms with Gasteiger partial charge in [0.05, 0.1) is 11.5 Å². The number of phenolic OH excluding ortho intramolecular Hbond substituents is 2. The van der Waals surface area contributed by atoms with Crippen molar-refractivity contribution in [3.8, 4) is 23.3 Å². The number of nitrogens with zero attached hydrogens (tertiary/aromatic N) is 2. The van der Waals surface area contributed by atoms with Gasteiger partial charge in [0.1, 0.15) is 17.4 Å². The minimum Gasteiger partial charge on any atom is -0.508 e. The van der Waals surface area contributed by atoms with Crippen LogP contribution in [0.1, 0.15) is 12.5 Å². The molecular weight excluding hydrogens is 354 g/mol. The molecule has 27 heavy (non-hydrogen) atoms. The SMILES string of the molecule is CCOc1cc(/C=C(\C#N)C(=O)Nc2ccc(O)cc2)cc([N+](=O)[O-])c1O. The summed E-state index contributed by atoms with van der Waals surface area (Å²) in [5.74, 6) is -1.49. The molecule has 0 aliphatic carbocycles. The summed E-state index contributed by atoms with van der Waals surface area (Å²) >= 11 is 0. The maximum Gasteiger partial charge on any atom is 0.315 e. The molecule has 0 saturated carbocycles. The maximum atomic E-state index is 12.3. The van der Waals surface area contributed by atoms with E-state index in [2.05, 4.69) is 5.32 Å². The Labute approximate surface area is 153 Å². The van der Waals surface area contributed by atoms with Gasteiger partial charge in [0.15, 0.2) is 5.75 Å². The van der Waals surface area contributed by atoms with Crippen LogP contribution in [0.3, 0.4) is 0 Å². The van der Waals surface area contributed by atoms with Crippen molar-refractivity contribution in [2.45, 2.75) is 6.92 Å². The highest BCUT2D eigenvalue weighted by Crippen LogP contribution is 2.37. The van der Waals surface area contributed by atoms with Gasteiger partial charge < -0.3 is 20.3 Å². The number of ether oxygens (including phenoxy) is 1. The molecule has 0 spiro atoms. The van der Waals surface area contributed by atoms with Crippen LogP contribution in [0.15, 0.2) is 42.0 Å². The number of amides is 1. The Morgan fingerprint density at radius 3 is 2.56 bits per heavy atom. The summed E-state index contributed by atoms with van der Waals surface area (Å²) < 4.78 is 5.16. The standard InChI is InChI=1S/C18H15N3O6/c1-2-27-16-9-11(8-15(17(16)23)21(25)26)7-12(10-19)18(24)20-13-3-5-14(22)6-4-13/h3-9,22-23H,2H2,1H3,(H,20,24)/b12-7+. The normalized spacial score (nSPS) is 10.7. The summed E-state index contributed by atoms with van der Waals surface area (Å²) in [6.07, 6.45) is 1.14. The number of benzene rings is 2. The molecule has 0 heterocycles. The second-order valence-electron chi connectivity index (χ2n) is 5.25. The molecule has 2 aromatic carbocycles. The highest BCUT2D eigenvalue weighted by Gasteiger charge is 2.20. The van der Waals surface area contributed by atoms with Gasteiger partial charge in [0.2, 0.25) is 5.75 Å². The molecule has 2 aromatic rings. The quantitative estimate of drug-likeness (QED) is 0.233. The topological polar surface area (TPSA) is 146 Å². The van der Waals surface area contributed by atoms with Crippen LogP contribution in [0.5, 0.6) is 17.2 Å². The smallest absolute Gasteiger partial charge is 0.315 e. The van der Waals surface area contributed by atoms with Crippen molar-refractivity contribution < 1.29 is 24.7 Å². The first-order valence-corrected chi connectivity index (χ1v) is 7.72. The van der Waals surface area contributed by atoms with E-state index in [-0.39, 0.29) is 29.2 Å². The molecule has 0 saturated heterocycles. The molecule has 3 N–H and O–H groups in total. The van der Waals surface area contributed by atoms with Crippen LogP contribution in [0.2, 0.25) is 0 Å². The fourth-order valence-electron chi connectivity index (χ4n) is 2.16. The molecule has 0 radical (unpaired) electrons. The van der Waals surface area contributed by atoms with E-state index in [0.717, 1.165) is 12.1 Å². The van der Waals surface area contributed by atoms with Crippen molar-refractivity contribution in [2.75, 3.05) is 11.9 Å². The first kappa shape index (κ1) is 19.3. The minimum absolute atomic E-state index is 0.0175. The summed E-state index contributed by atoms with van der Waals surface area (Å²) in [4.78, 5) is 22.5. The molecular formula is C18H15N3O6. The largest absolute Gasteiger partial charge is 0.508 e. The van der Waals surface area contributed by atoms with Gasteiger partial charge in [0, 0.05) is 11.8 Å². The van der Waals surface area contributed by atoms with Gasteiger partial charge in [-0.3, -0.25) is 14.9 Å². The van der Waals surface area contributed by atoms with Crippen LogP contribution in [0, 0.1) is 21.4 Å². The van der Waals surface area contributed by atoms with Crippen molar-refractivity contribution in [1.29, 1.82) is 5.26 Å². The first-order valence-electron chi connectivity index (χ1n) is 7.72. The van der Waals surface area contributed by atoms with Crippen molar-refractivity contribution in [1.82, 2.24) is 0 Å². The van der Waals surface area contributed by atoms with Crippen LogP contribution >= 0.6 is 0 Å². The van der Waals surface area contributed by atoms with E-state index in [9.17, 15) is 30.4 Å². The number of hydrogen-bond donors (Lipinski definition) is 3. The third-order valence-corrected chi connectivity index (χ3v) is 3.37. The second kappa shape index (κ2) is 8.35. The van der Waals surface area contributed by atoms with Gasteiger partial charge >= 0.3 is 5.69 Å². The molecule has 0 aliphatic heterocycles. The van der Waals surface area contributed by atoms with Gasteiger partial charge in [-0.15, -0.1) is 0 Å². The molecule has 9 nitrogen and oxygen atoms in total. The molecule has 138 valence electrons. The number of carbonyl (C=O) groups excluding carboxylic acids is 1. The molecule has 0 aromatic heterocycles. The van der Waals surface area contributed by atoms with E-state index in [1.807, 2.05) is 0 Å². The Hall–Kier alpha value is -4.06. The van der Waals surface area contributed by atoms with Crippen molar-refractivity contribution in [2.24, 2.45) is 0 Å². The maximum absolute atomic E-state index is 12.3. The molecule has 9 heteroatoms. The monoisotopic (exact) mass is 369 g/mol. The van der Waals surface area contributed by atoms with Crippen molar-refractivity contribution in [3.05, 3.63) is 57.6 Å². The molecule has 1 amide bonds. The van der Waals surface area contributed by atoms with E-state index >= 15 is 0 Å². The average Bonchev–Trinajstić information content (AvgIpc) is 2.63. The lowest BCUT2D eigenvalue weighted by atomic mass is 10.1. The van der Waals surface area contributed by atoms with Crippen LogP contribution in [0.25, 0.3) is 6.08 Å². The fourth-order valence-corrected chi connectivity index (χ4v) is 2.16. The zero-order chi connectivity index (χ0) is 20.0. The van der Waals surface area contributed by atoms with Crippen molar-refractivity contribution >= 4 is 23.4 Å². The highest BCUT2D eigenvalue weighted by molar-refractivity contribution is 6.09. The summed E-state index contributed by atoms with van der Waals surface area (Å²) in [5.41, 5.74) is -0.431. The first-order chi connectivity index (χ1) is 12.8. The van der Waals surface area contributed by atoms with Gasteiger partial charge in [-0.2, -0.15) is 5.26 Å². The third-order valence-electron chi connectivity index (χ3n) is 3.37. The third kappa shape index (κ3) is 4.73. The van der Waals surface area contributed by atoms with E-state index in [4.69, 9.17) is 4.74 Å². The van der Waals surface area contributed by atoms with E-state index < -0.39 is 22.3 Å². The summed E-state index contributed by atoms with van der Waals surface area (Å²) in [6.45, 7) is 1.80. The highest BCUT2D eigenvalue weighted by atomic mass is 16.6. The average molecular weight is 369 g/mol. The van der Waals surface area contributed by atoms with E-state index in [1.165, 1.54) is 30.3 Å². The number of rotatable bonds is 6. The Kier molecular flexibility index (Phi) is 5.96. The molecule has 2 rings (SSSR count). The number of hydrogen-bond acceptors (Lipinski definition) is 7. The number of nitro benzene ring substituents is 1. The molecule has 0 unspecified atom stereocenters. The van der Waals surface area contributed by atoms with Gasteiger partial charge in [-0.1, -0.05) is 0 Å². The number of carbonyl (C=O) groups is 1. The Balaban J connectivity index is 2.38. The van der Waals surface area contributed by atoms with Crippen LogP contribution < -0.4 is 10.1 Å². The summed E-state index contributed by atoms with van der Waals surface area (Å²) in [7, 11) is 0. The Morgan fingerprint density at radius 2 is 2.00 bits per heavy atom. The Bertz CT molecular complexity index is 945. The summed E-state index contributed by atoms with van der Waals surface area (Å²) in [6, 6.07) is 9.66. The zero-order valence-electron chi connectivity index (χ0n) is 14.2. The van der Waals surface area contributed by atoms with Gasteiger partial charge in [-0.05, 0) is 48.9 Å². The summed E-state index contributed by atoms with van der Waals surface area (Å²) in [5, 5.41) is 41.9. The number of aromatic hydroxyl groups is 2. The molecule has 0 fully saturated rings. The number of phenols is 2. The van der Waals surface area contributed by atoms with Gasteiger partial charge in [0.25, 0.3) is 5.91 Å². The molecule has 0 aliphatic rings. The van der Waals surface area contributed by atoms with E-state index in [1.54, 1.807) is 13.0 Å². The lowest BCUT2D eigenvalue weighted by Gasteiger charge is -2.08. The number of anilines is 1. The molecule has 0 bridgehead atoms. The van der Waals surface area contributed by atoms with Crippen LogP contribution in [-0.2, 0) is 4.79 Å².